The molecule has 0 N–H and O–H groups in total. The standard InChI is InChI=1S/C16H24N4O2/c1-10(2)8-11(3)22-15(21)7-6-14-12(4)19-16-17-9-18-20(16)13(14)5/h9-11H,6-8H2,1-5H3. The van der Waals surface area contributed by atoms with Gasteiger partial charge in [0.2, 0.25) is 0 Å². The highest BCUT2D eigenvalue weighted by Gasteiger charge is 2.15. The van der Waals surface area contributed by atoms with Gasteiger partial charge in [0.25, 0.3) is 5.78 Å². The molecular weight excluding hydrogens is 280 g/mol. The smallest absolute Gasteiger partial charge is 0.306 e. The lowest BCUT2D eigenvalue weighted by Gasteiger charge is -2.15. The van der Waals surface area contributed by atoms with Gasteiger partial charge in [0.15, 0.2) is 0 Å². The van der Waals surface area contributed by atoms with Crippen molar-refractivity contribution in [3.05, 3.63) is 23.3 Å². The second kappa shape index (κ2) is 6.85. The van der Waals surface area contributed by atoms with Crippen molar-refractivity contribution in [2.45, 2.75) is 60.0 Å². The quantitative estimate of drug-likeness (QED) is 0.767. The number of ether oxygens (including phenoxy) is 1. The van der Waals surface area contributed by atoms with Crippen LogP contribution in [0.5, 0.6) is 0 Å². The Morgan fingerprint density at radius 1 is 1.32 bits per heavy atom. The Hall–Kier alpha value is -1.98. The molecule has 0 saturated carbocycles. The average Bonchev–Trinajstić information content (AvgIpc) is 2.85. The highest BCUT2D eigenvalue weighted by molar-refractivity contribution is 5.70. The van der Waals surface area contributed by atoms with Crippen LogP contribution in [0.3, 0.4) is 0 Å². The number of rotatable bonds is 6. The molecule has 0 amide bonds. The minimum atomic E-state index is -0.161. The predicted octanol–water partition coefficient (Wildman–Crippen LogP) is 2.65. The van der Waals surface area contributed by atoms with E-state index in [0.717, 1.165) is 23.4 Å². The molecule has 2 aromatic rings. The third kappa shape index (κ3) is 3.81. The second-order valence-corrected chi connectivity index (χ2v) is 6.16. The predicted molar refractivity (Wildman–Crippen MR) is 83.6 cm³/mol. The van der Waals surface area contributed by atoms with E-state index in [2.05, 4.69) is 28.9 Å². The van der Waals surface area contributed by atoms with Crippen LogP contribution in [0.25, 0.3) is 5.78 Å². The Bertz CT molecular complexity index is 663. The number of aromatic nitrogens is 4. The van der Waals surface area contributed by atoms with Crippen molar-refractivity contribution in [2.75, 3.05) is 0 Å². The van der Waals surface area contributed by atoms with Crippen molar-refractivity contribution in [3.63, 3.8) is 0 Å². The molecule has 6 heteroatoms. The SMILES string of the molecule is Cc1nc2ncnn2c(C)c1CCC(=O)OC(C)CC(C)C. The lowest BCUT2D eigenvalue weighted by atomic mass is 10.1. The van der Waals surface area contributed by atoms with Gasteiger partial charge in [-0.2, -0.15) is 10.1 Å². The van der Waals surface area contributed by atoms with Crippen LogP contribution in [0, 0.1) is 19.8 Å². The fourth-order valence-electron chi connectivity index (χ4n) is 2.74. The van der Waals surface area contributed by atoms with E-state index in [1.54, 1.807) is 4.52 Å². The summed E-state index contributed by atoms with van der Waals surface area (Å²) < 4.78 is 7.14. The Morgan fingerprint density at radius 2 is 2.05 bits per heavy atom. The van der Waals surface area contributed by atoms with E-state index < -0.39 is 0 Å². The Labute approximate surface area is 130 Å². The van der Waals surface area contributed by atoms with Crippen molar-refractivity contribution in [1.82, 2.24) is 19.6 Å². The van der Waals surface area contributed by atoms with Crippen molar-refractivity contribution >= 4 is 11.7 Å². The summed E-state index contributed by atoms with van der Waals surface area (Å²) in [5.74, 6) is 0.948. The molecule has 2 heterocycles. The molecule has 0 saturated heterocycles. The molecule has 0 radical (unpaired) electrons. The normalized spacial score (nSPS) is 12.8. The summed E-state index contributed by atoms with van der Waals surface area (Å²) in [5.41, 5.74) is 2.90. The fraction of sp³-hybridized carbons (Fsp3) is 0.625. The van der Waals surface area contributed by atoms with Gasteiger partial charge in [0.1, 0.15) is 6.33 Å². The van der Waals surface area contributed by atoms with Crippen molar-refractivity contribution < 1.29 is 9.53 Å². The van der Waals surface area contributed by atoms with Gasteiger partial charge in [-0.1, -0.05) is 13.8 Å². The molecule has 2 rings (SSSR count). The van der Waals surface area contributed by atoms with Crippen LogP contribution in [-0.4, -0.2) is 31.7 Å². The van der Waals surface area contributed by atoms with E-state index in [-0.39, 0.29) is 12.1 Å². The Kier molecular flexibility index (Phi) is 5.11. The molecule has 0 spiro atoms. The van der Waals surface area contributed by atoms with Gasteiger partial charge in [-0.15, -0.1) is 0 Å². The van der Waals surface area contributed by atoms with Crippen molar-refractivity contribution in [2.24, 2.45) is 5.92 Å². The van der Waals surface area contributed by atoms with Crippen LogP contribution >= 0.6 is 0 Å². The van der Waals surface area contributed by atoms with Gasteiger partial charge in [-0.05, 0) is 45.1 Å². The summed E-state index contributed by atoms with van der Waals surface area (Å²) in [5, 5.41) is 4.16. The first-order chi connectivity index (χ1) is 10.4. The molecule has 1 atom stereocenters. The molecule has 0 aromatic carbocycles. The topological polar surface area (TPSA) is 69.4 Å². The van der Waals surface area contributed by atoms with E-state index >= 15 is 0 Å². The molecule has 120 valence electrons. The van der Waals surface area contributed by atoms with E-state index in [1.165, 1.54) is 6.33 Å². The zero-order valence-corrected chi connectivity index (χ0v) is 14.0. The number of esters is 1. The van der Waals surface area contributed by atoms with Crippen LogP contribution in [-0.2, 0) is 16.0 Å². The first kappa shape index (κ1) is 16.4. The molecular formula is C16H24N4O2. The largest absolute Gasteiger partial charge is 0.463 e. The third-order valence-electron chi connectivity index (χ3n) is 3.70. The Balaban J connectivity index is 2.01. The lowest BCUT2D eigenvalue weighted by molar-refractivity contribution is -0.148. The molecule has 6 nitrogen and oxygen atoms in total. The zero-order valence-electron chi connectivity index (χ0n) is 14.0. The van der Waals surface area contributed by atoms with Crippen LogP contribution in [0.2, 0.25) is 0 Å². The van der Waals surface area contributed by atoms with Gasteiger partial charge < -0.3 is 4.74 Å². The van der Waals surface area contributed by atoms with Gasteiger partial charge in [0.05, 0.1) is 6.10 Å². The zero-order chi connectivity index (χ0) is 16.3. The maximum atomic E-state index is 12.0. The number of carbonyl (C=O) groups excluding carboxylic acids is 1. The van der Waals surface area contributed by atoms with Crippen LogP contribution in [0.1, 0.15) is 50.6 Å². The summed E-state index contributed by atoms with van der Waals surface area (Å²) in [6.45, 7) is 10.1. The summed E-state index contributed by atoms with van der Waals surface area (Å²) in [7, 11) is 0. The van der Waals surface area contributed by atoms with Crippen molar-refractivity contribution in [3.8, 4) is 0 Å². The fourth-order valence-corrected chi connectivity index (χ4v) is 2.74. The second-order valence-electron chi connectivity index (χ2n) is 6.16. The van der Waals surface area contributed by atoms with E-state index in [9.17, 15) is 4.79 Å². The monoisotopic (exact) mass is 304 g/mol. The minimum absolute atomic E-state index is 0.0365. The third-order valence-corrected chi connectivity index (χ3v) is 3.70. The molecule has 0 bridgehead atoms. The first-order valence-corrected chi connectivity index (χ1v) is 7.73. The maximum Gasteiger partial charge on any atom is 0.306 e. The summed E-state index contributed by atoms with van der Waals surface area (Å²) in [4.78, 5) is 20.5. The number of fused-ring (bicyclic) bond motifs is 1. The highest BCUT2D eigenvalue weighted by atomic mass is 16.5. The van der Waals surface area contributed by atoms with E-state index in [4.69, 9.17) is 4.74 Å². The molecule has 0 fully saturated rings. The van der Waals surface area contributed by atoms with Gasteiger partial charge in [-0.3, -0.25) is 4.79 Å². The van der Waals surface area contributed by atoms with Crippen LogP contribution in [0.4, 0.5) is 0 Å². The van der Waals surface area contributed by atoms with Gasteiger partial charge >= 0.3 is 5.97 Å². The van der Waals surface area contributed by atoms with Gasteiger partial charge in [-0.25, -0.2) is 9.50 Å². The number of nitrogens with zero attached hydrogens (tertiary/aromatic N) is 4. The van der Waals surface area contributed by atoms with Gasteiger partial charge in [0, 0.05) is 17.8 Å². The molecule has 22 heavy (non-hydrogen) atoms. The number of hydrogen-bond donors (Lipinski definition) is 0. The first-order valence-electron chi connectivity index (χ1n) is 7.73. The number of hydrogen-bond acceptors (Lipinski definition) is 5. The summed E-state index contributed by atoms with van der Waals surface area (Å²) >= 11 is 0. The van der Waals surface area contributed by atoms with Crippen LogP contribution in [0.15, 0.2) is 6.33 Å². The van der Waals surface area contributed by atoms with Crippen LogP contribution < -0.4 is 0 Å². The molecule has 0 aliphatic heterocycles. The maximum absolute atomic E-state index is 12.0. The number of aryl methyl sites for hydroxylation is 2. The van der Waals surface area contributed by atoms with Crippen molar-refractivity contribution in [1.29, 1.82) is 0 Å². The summed E-state index contributed by atoms with van der Waals surface area (Å²) in [6.07, 6.45) is 3.29. The minimum Gasteiger partial charge on any atom is -0.463 e. The lowest BCUT2D eigenvalue weighted by Crippen LogP contribution is -2.17. The summed E-state index contributed by atoms with van der Waals surface area (Å²) in [6, 6.07) is 0. The average molecular weight is 304 g/mol. The molecule has 0 aliphatic carbocycles. The Morgan fingerprint density at radius 3 is 2.73 bits per heavy atom. The van der Waals surface area contributed by atoms with E-state index in [1.807, 2.05) is 20.8 Å². The molecule has 1 unspecified atom stereocenters. The molecule has 2 aromatic heterocycles. The highest BCUT2D eigenvalue weighted by Crippen LogP contribution is 2.16. The molecule has 0 aliphatic rings. The van der Waals surface area contributed by atoms with E-state index in [0.29, 0.717) is 24.5 Å². The number of carbonyl (C=O) groups is 1.